The smallest absolute Gasteiger partial charge is 0.261 e. The molecule has 1 aromatic carbocycles. The molecule has 24 heavy (non-hydrogen) atoms. The van der Waals surface area contributed by atoms with Gasteiger partial charge in [-0.05, 0) is 48.5 Å². The van der Waals surface area contributed by atoms with E-state index in [0.717, 1.165) is 0 Å². The molecular weight excluding hydrogens is 306 g/mol. The van der Waals surface area contributed by atoms with Crippen molar-refractivity contribution in [2.24, 2.45) is 0 Å². The molecule has 120 valence electrons. The number of pyridine rings is 2. The topological polar surface area (TPSA) is 73.3 Å². The molecule has 3 aromatic rings. The number of hydrogen-bond acceptors (Lipinski definition) is 5. The minimum atomic E-state index is -0.289. The fourth-order valence-corrected chi connectivity index (χ4v) is 2.07. The summed E-state index contributed by atoms with van der Waals surface area (Å²) in [5.41, 5.74) is 1.02. The second-order valence-electron chi connectivity index (χ2n) is 4.82. The highest BCUT2D eigenvalue weighted by atomic mass is 16.5. The molecule has 0 radical (unpaired) electrons. The second kappa shape index (κ2) is 7.23. The minimum Gasteiger partial charge on any atom is -0.480 e. The molecule has 0 saturated carbocycles. The van der Waals surface area contributed by atoms with Crippen LogP contribution in [0.15, 0.2) is 67.1 Å². The molecule has 0 saturated heterocycles. The van der Waals surface area contributed by atoms with Crippen molar-refractivity contribution in [3.05, 3.63) is 72.7 Å². The van der Waals surface area contributed by atoms with Crippen LogP contribution in [0, 0.1) is 0 Å². The van der Waals surface area contributed by atoms with Crippen LogP contribution in [0.25, 0.3) is 0 Å². The van der Waals surface area contributed by atoms with E-state index in [2.05, 4.69) is 15.3 Å². The third-order valence-electron chi connectivity index (χ3n) is 3.21. The van der Waals surface area contributed by atoms with Crippen LogP contribution in [0.3, 0.4) is 0 Å². The molecule has 2 heterocycles. The fraction of sp³-hybridized carbons (Fsp3) is 0.0556. The molecule has 6 heteroatoms. The van der Waals surface area contributed by atoms with E-state index in [1.165, 1.54) is 7.11 Å². The molecule has 1 amide bonds. The van der Waals surface area contributed by atoms with Crippen molar-refractivity contribution in [1.82, 2.24) is 9.97 Å². The Morgan fingerprint density at radius 1 is 0.958 bits per heavy atom. The maximum atomic E-state index is 12.3. The Labute approximate surface area is 139 Å². The van der Waals surface area contributed by atoms with Crippen LogP contribution >= 0.6 is 0 Å². The number of hydrogen-bond donors (Lipinski definition) is 1. The zero-order valence-corrected chi connectivity index (χ0v) is 13.0. The SMILES string of the molecule is COc1ncccc1C(=O)Nc1ccc(Oc2ccncc2)cc1. The summed E-state index contributed by atoms with van der Waals surface area (Å²) in [6.45, 7) is 0. The van der Waals surface area contributed by atoms with Gasteiger partial charge in [0.15, 0.2) is 0 Å². The molecule has 0 aliphatic carbocycles. The van der Waals surface area contributed by atoms with Crippen LogP contribution in [0.2, 0.25) is 0 Å². The molecule has 0 aliphatic heterocycles. The zero-order valence-electron chi connectivity index (χ0n) is 13.0. The third kappa shape index (κ3) is 3.67. The van der Waals surface area contributed by atoms with Gasteiger partial charge in [0.05, 0.1) is 7.11 Å². The van der Waals surface area contributed by atoms with Gasteiger partial charge in [0.25, 0.3) is 5.91 Å². The summed E-state index contributed by atoms with van der Waals surface area (Å²) < 4.78 is 10.8. The molecule has 3 rings (SSSR count). The lowest BCUT2D eigenvalue weighted by Gasteiger charge is -2.09. The summed E-state index contributed by atoms with van der Waals surface area (Å²) in [6, 6.07) is 13.9. The van der Waals surface area contributed by atoms with Gasteiger partial charge in [-0.2, -0.15) is 0 Å². The highest BCUT2D eigenvalue weighted by Crippen LogP contribution is 2.23. The number of rotatable bonds is 5. The Kier molecular flexibility index (Phi) is 4.67. The highest BCUT2D eigenvalue weighted by Gasteiger charge is 2.12. The lowest BCUT2D eigenvalue weighted by molar-refractivity contribution is 0.102. The quantitative estimate of drug-likeness (QED) is 0.778. The van der Waals surface area contributed by atoms with Crippen molar-refractivity contribution in [3.8, 4) is 17.4 Å². The molecule has 0 fully saturated rings. The third-order valence-corrected chi connectivity index (χ3v) is 3.21. The van der Waals surface area contributed by atoms with Gasteiger partial charge >= 0.3 is 0 Å². The monoisotopic (exact) mass is 321 g/mol. The first-order chi connectivity index (χ1) is 11.8. The highest BCUT2D eigenvalue weighted by molar-refractivity contribution is 6.05. The molecule has 2 aromatic heterocycles. The lowest BCUT2D eigenvalue weighted by Crippen LogP contribution is -2.13. The van der Waals surface area contributed by atoms with Gasteiger partial charge in [-0.25, -0.2) is 4.98 Å². The maximum Gasteiger partial charge on any atom is 0.261 e. The van der Waals surface area contributed by atoms with Crippen LogP contribution < -0.4 is 14.8 Å². The summed E-state index contributed by atoms with van der Waals surface area (Å²) in [5.74, 6) is 1.36. The zero-order chi connectivity index (χ0) is 16.8. The summed E-state index contributed by atoms with van der Waals surface area (Å²) in [6.07, 6.45) is 4.89. The van der Waals surface area contributed by atoms with Crippen molar-refractivity contribution in [2.75, 3.05) is 12.4 Å². The van der Waals surface area contributed by atoms with E-state index >= 15 is 0 Å². The normalized spacial score (nSPS) is 10.0. The predicted molar refractivity (Wildman–Crippen MR) is 89.5 cm³/mol. The minimum absolute atomic E-state index is 0.285. The molecule has 1 N–H and O–H groups in total. The summed E-state index contributed by atoms with van der Waals surface area (Å²) in [4.78, 5) is 20.2. The second-order valence-corrected chi connectivity index (χ2v) is 4.82. The largest absolute Gasteiger partial charge is 0.480 e. The standard InChI is InChI=1S/C18H15N3O3/c1-23-18-16(3-2-10-20-18)17(22)21-13-4-6-14(7-5-13)24-15-8-11-19-12-9-15/h2-12H,1H3,(H,21,22). The Morgan fingerprint density at radius 3 is 2.38 bits per heavy atom. The van der Waals surface area contributed by atoms with Crippen LogP contribution in [-0.4, -0.2) is 23.0 Å². The van der Waals surface area contributed by atoms with Crippen molar-refractivity contribution in [1.29, 1.82) is 0 Å². The summed E-state index contributed by atoms with van der Waals surface area (Å²) in [7, 11) is 1.48. The van der Waals surface area contributed by atoms with E-state index < -0.39 is 0 Å². The van der Waals surface area contributed by atoms with E-state index in [-0.39, 0.29) is 11.8 Å². The van der Waals surface area contributed by atoms with Gasteiger partial charge in [-0.15, -0.1) is 0 Å². The number of nitrogens with one attached hydrogen (secondary N) is 1. The molecule has 0 atom stereocenters. The molecular formula is C18H15N3O3. The molecule has 0 bridgehead atoms. The number of anilines is 1. The van der Waals surface area contributed by atoms with Gasteiger partial charge < -0.3 is 14.8 Å². The van der Waals surface area contributed by atoms with Crippen LogP contribution in [0.4, 0.5) is 5.69 Å². The van der Waals surface area contributed by atoms with Gasteiger partial charge in [-0.1, -0.05) is 0 Å². The number of carbonyl (C=O) groups is 1. The molecule has 0 unspecified atom stereocenters. The van der Waals surface area contributed by atoms with E-state index in [0.29, 0.717) is 22.7 Å². The van der Waals surface area contributed by atoms with E-state index in [9.17, 15) is 4.79 Å². The molecule has 6 nitrogen and oxygen atoms in total. The van der Waals surface area contributed by atoms with Gasteiger partial charge in [0.1, 0.15) is 17.1 Å². The van der Waals surface area contributed by atoms with Crippen molar-refractivity contribution in [2.45, 2.75) is 0 Å². The van der Waals surface area contributed by atoms with E-state index in [1.807, 2.05) is 0 Å². The summed E-state index contributed by atoms with van der Waals surface area (Å²) in [5, 5.41) is 2.80. The Morgan fingerprint density at radius 2 is 1.67 bits per heavy atom. The number of ether oxygens (including phenoxy) is 2. The Balaban J connectivity index is 1.69. The maximum absolute atomic E-state index is 12.3. The summed E-state index contributed by atoms with van der Waals surface area (Å²) >= 11 is 0. The predicted octanol–water partition coefficient (Wildman–Crippen LogP) is 3.53. The van der Waals surface area contributed by atoms with Crippen molar-refractivity contribution >= 4 is 11.6 Å². The van der Waals surface area contributed by atoms with Crippen LogP contribution in [0.1, 0.15) is 10.4 Å². The van der Waals surface area contributed by atoms with Crippen LogP contribution in [-0.2, 0) is 0 Å². The average molecular weight is 321 g/mol. The van der Waals surface area contributed by atoms with Gasteiger partial charge in [-0.3, -0.25) is 9.78 Å². The Bertz CT molecular complexity index is 820. The number of benzene rings is 1. The number of aromatic nitrogens is 2. The van der Waals surface area contributed by atoms with Gasteiger partial charge in [0, 0.05) is 24.3 Å². The number of amides is 1. The van der Waals surface area contributed by atoms with Crippen LogP contribution in [0.5, 0.6) is 17.4 Å². The van der Waals surface area contributed by atoms with Gasteiger partial charge in [0.2, 0.25) is 5.88 Å². The Hall–Kier alpha value is -3.41. The average Bonchev–Trinajstić information content (AvgIpc) is 2.64. The van der Waals surface area contributed by atoms with E-state index in [4.69, 9.17) is 9.47 Å². The number of nitrogens with zero attached hydrogens (tertiary/aromatic N) is 2. The lowest BCUT2D eigenvalue weighted by atomic mass is 10.2. The van der Waals surface area contributed by atoms with Crippen molar-refractivity contribution < 1.29 is 14.3 Å². The van der Waals surface area contributed by atoms with Crippen molar-refractivity contribution in [3.63, 3.8) is 0 Å². The first kappa shape index (κ1) is 15.5. The fourth-order valence-electron chi connectivity index (χ4n) is 2.07. The molecule has 0 aliphatic rings. The number of methoxy groups -OCH3 is 1. The first-order valence-electron chi connectivity index (χ1n) is 7.24. The number of carbonyl (C=O) groups excluding carboxylic acids is 1. The molecule has 0 spiro atoms. The first-order valence-corrected chi connectivity index (χ1v) is 7.24. The van der Waals surface area contributed by atoms with E-state index in [1.54, 1.807) is 67.1 Å².